The molecular weight excluding hydrogens is 190 g/mol. The summed E-state index contributed by atoms with van der Waals surface area (Å²) in [5.74, 6) is 0.725. The van der Waals surface area contributed by atoms with E-state index in [1.165, 1.54) is 0 Å². The number of nitrogens with one attached hydrogen (secondary N) is 1. The standard InChI is InChI=1S/C12H27NO2/c1-11(2)6-8-15-9-7-13-12(3,4)10-14-5/h11,13H,6-10H2,1-5H3. The second-order valence-electron chi connectivity index (χ2n) is 5.04. The molecule has 0 spiro atoms. The Labute approximate surface area is 94.5 Å². The lowest BCUT2D eigenvalue weighted by Crippen LogP contribution is -2.44. The molecule has 0 aliphatic heterocycles. The van der Waals surface area contributed by atoms with Crippen LogP contribution in [0.4, 0.5) is 0 Å². The van der Waals surface area contributed by atoms with Crippen LogP contribution >= 0.6 is 0 Å². The molecule has 0 saturated heterocycles. The molecule has 0 aliphatic carbocycles. The molecular formula is C12H27NO2. The fourth-order valence-electron chi connectivity index (χ4n) is 1.29. The number of rotatable bonds is 9. The first-order chi connectivity index (χ1) is 6.98. The van der Waals surface area contributed by atoms with Crippen LogP contribution in [0, 0.1) is 5.92 Å². The Kier molecular flexibility index (Phi) is 8.02. The van der Waals surface area contributed by atoms with Gasteiger partial charge in [0.2, 0.25) is 0 Å². The Balaban J connectivity index is 3.30. The van der Waals surface area contributed by atoms with E-state index < -0.39 is 0 Å². The van der Waals surface area contributed by atoms with Gasteiger partial charge < -0.3 is 14.8 Å². The molecule has 0 aromatic rings. The van der Waals surface area contributed by atoms with Gasteiger partial charge in [0.15, 0.2) is 0 Å². The van der Waals surface area contributed by atoms with E-state index in [1.807, 2.05) is 0 Å². The van der Waals surface area contributed by atoms with Gasteiger partial charge in [-0.25, -0.2) is 0 Å². The van der Waals surface area contributed by atoms with Crippen molar-refractivity contribution in [2.45, 2.75) is 39.7 Å². The third kappa shape index (κ3) is 10.2. The van der Waals surface area contributed by atoms with E-state index in [4.69, 9.17) is 9.47 Å². The van der Waals surface area contributed by atoms with Crippen molar-refractivity contribution in [3.63, 3.8) is 0 Å². The summed E-state index contributed by atoms with van der Waals surface area (Å²) in [6, 6.07) is 0. The lowest BCUT2D eigenvalue weighted by molar-refractivity contribution is 0.0992. The van der Waals surface area contributed by atoms with E-state index >= 15 is 0 Å². The molecule has 0 radical (unpaired) electrons. The minimum absolute atomic E-state index is 0.0379. The summed E-state index contributed by atoms with van der Waals surface area (Å²) in [6.45, 7) is 11.9. The van der Waals surface area contributed by atoms with Gasteiger partial charge in [-0.1, -0.05) is 13.8 Å². The summed E-state index contributed by atoms with van der Waals surface area (Å²) >= 11 is 0. The average Bonchev–Trinajstić information content (AvgIpc) is 2.10. The van der Waals surface area contributed by atoms with Crippen LogP contribution in [0.5, 0.6) is 0 Å². The van der Waals surface area contributed by atoms with Gasteiger partial charge in [-0.2, -0.15) is 0 Å². The molecule has 0 atom stereocenters. The van der Waals surface area contributed by atoms with Crippen LogP contribution < -0.4 is 5.32 Å². The SMILES string of the molecule is COCC(C)(C)NCCOCCC(C)C. The Hall–Kier alpha value is -0.120. The summed E-state index contributed by atoms with van der Waals surface area (Å²) in [4.78, 5) is 0. The third-order valence-corrected chi connectivity index (χ3v) is 2.19. The summed E-state index contributed by atoms with van der Waals surface area (Å²) < 4.78 is 10.6. The lowest BCUT2D eigenvalue weighted by Gasteiger charge is -2.25. The van der Waals surface area contributed by atoms with Crippen LogP contribution in [0.2, 0.25) is 0 Å². The highest BCUT2D eigenvalue weighted by Crippen LogP contribution is 2.01. The highest BCUT2D eigenvalue weighted by molar-refractivity contribution is 4.76. The highest BCUT2D eigenvalue weighted by atomic mass is 16.5. The molecule has 0 aliphatic rings. The second-order valence-corrected chi connectivity index (χ2v) is 5.04. The molecule has 92 valence electrons. The molecule has 0 fully saturated rings. The first kappa shape index (κ1) is 14.9. The summed E-state index contributed by atoms with van der Waals surface area (Å²) in [5, 5.41) is 3.40. The normalized spacial score (nSPS) is 12.4. The number of hydrogen-bond acceptors (Lipinski definition) is 3. The van der Waals surface area contributed by atoms with E-state index in [2.05, 4.69) is 33.0 Å². The largest absolute Gasteiger partial charge is 0.383 e. The fourth-order valence-corrected chi connectivity index (χ4v) is 1.29. The number of hydrogen-bond donors (Lipinski definition) is 1. The van der Waals surface area contributed by atoms with Crippen molar-refractivity contribution >= 4 is 0 Å². The van der Waals surface area contributed by atoms with Crippen molar-refractivity contribution in [2.24, 2.45) is 5.92 Å². The summed E-state index contributed by atoms with van der Waals surface area (Å²) in [7, 11) is 1.72. The Bertz CT molecular complexity index is 147. The van der Waals surface area contributed by atoms with Gasteiger partial charge in [0.1, 0.15) is 0 Å². The zero-order valence-corrected chi connectivity index (χ0v) is 10.9. The molecule has 15 heavy (non-hydrogen) atoms. The fraction of sp³-hybridized carbons (Fsp3) is 1.00. The number of ether oxygens (including phenoxy) is 2. The second kappa shape index (κ2) is 8.08. The van der Waals surface area contributed by atoms with Crippen molar-refractivity contribution < 1.29 is 9.47 Å². The molecule has 3 nitrogen and oxygen atoms in total. The van der Waals surface area contributed by atoms with Crippen molar-refractivity contribution in [3.8, 4) is 0 Å². The Morgan fingerprint density at radius 2 is 1.87 bits per heavy atom. The van der Waals surface area contributed by atoms with E-state index in [9.17, 15) is 0 Å². The Morgan fingerprint density at radius 3 is 2.40 bits per heavy atom. The van der Waals surface area contributed by atoms with Gasteiger partial charge in [-0.15, -0.1) is 0 Å². The molecule has 0 heterocycles. The van der Waals surface area contributed by atoms with Crippen molar-refractivity contribution in [1.82, 2.24) is 5.32 Å². The van der Waals surface area contributed by atoms with Crippen LogP contribution in [-0.2, 0) is 9.47 Å². The lowest BCUT2D eigenvalue weighted by atomic mass is 10.1. The highest BCUT2D eigenvalue weighted by Gasteiger charge is 2.15. The van der Waals surface area contributed by atoms with Crippen LogP contribution in [0.1, 0.15) is 34.1 Å². The first-order valence-electron chi connectivity index (χ1n) is 5.79. The zero-order chi connectivity index (χ0) is 11.7. The minimum Gasteiger partial charge on any atom is -0.383 e. The van der Waals surface area contributed by atoms with E-state index in [0.717, 1.165) is 38.7 Å². The van der Waals surface area contributed by atoms with Gasteiger partial charge in [0.25, 0.3) is 0 Å². The molecule has 0 rings (SSSR count). The van der Waals surface area contributed by atoms with Crippen molar-refractivity contribution in [2.75, 3.05) is 33.5 Å². The summed E-state index contributed by atoms with van der Waals surface area (Å²) in [5.41, 5.74) is 0.0379. The molecule has 0 aromatic carbocycles. The van der Waals surface area contributed by atoms with Crippen LogP contribution in [0.15, 0.2) is 0 Å². The van der Waals surface area contributed by atoms with Gasteiger partial charge in [-0.3, -0.25) is 0 Å². The van der Waals surface area contributed by atoms with E-state index in [1.54, 1.807) is 7.11 Å². The predicted octanol–water partition coefficient (Wildman–Crippen LogP) is 2.06. The monoisotopic (exact) mass is 217 g/mol. The first-order valence-corrected chi connectivity index (χ1v) is 5.79. The maximum Gasteiger partial charge on any atom is 0.0639 e. The average molecular weight is 217 g/mol. The molecule has 0 unspecified atom stereocenters. The molecule has 3 heteroatoms. The van der Waals surface area contributed by atoms with Crippen molar-refractivity contribution in [3.05, 3.63) is 0 Å². The summed E-state index contributed by atoms with van der Waals surface area (Å²) in [6.07, 6.45) is 1.14. The maximum atomic E-state index is 5.51. The molecule has 0 bridgehead atoms. The molecule has 1 N–H and O–H groups in total. The maximum absolute atomic E-state index is 5.51. The van der Waals surface area contributed by atoms with Crippen LogP contribution in [-0.4, -0.2) is 39.0 Å². The molecule has 0 aromatic heterocycles. The predicted molar refractivity (Wildman–Crippen MR) is 64.2 cm³/mol. The third-order valence-electron chi connectivity index (χ3n) is 2.19. The number of methoxy groups -OCH3 is 1. The topological polar surface area (TPSA) is 30.5 Å². The van der Waals surface area contributed by atoms with E-state index in [-0.39, 0.29) is 5.54 Å². The van der Waals surface area contributed by atoms with Crippen molar-refractivity contribution in [1.29, 1.82) is 0 Å². The van der Waals surface area contributed by atoms with Gasteiger partial charge >= 0.3 is 0 Å². The van der Waals surface area contributed by atoms with Crippen LogP contribution in [0.25, 0.3) is 0 Å². The molecule has 0 saturated carbocycles. The molecule has 0 amide bonds. The van der Waals surface area contributed by atoms with Crippen LogP contribution in [0.3, 0.4) is 0 Å². The smallest absolute Gasteiger partial charge is 0.0639 e. The minimum atomic E-state index is 0.0379. The quantitative estimate of drug-likeness (QED) is 0.600. The van der Waals surface area contributed by atoms with E-state index in [0.29, 0.717) is 0 Å². The van der Waals surface area contributed by atoms with Gasteiger partial charge in [0.05, 0.1) is 13.2 Å². The van der Waals surface area contributed by atoms with Gasteiger partial charge in [0, 0.05) is 25.8 Å². The Morgan fingerprint density at radius 1 is 1.20 bits per heavy atom. The van der Waals surface area contributed by atoms with Gasteiger partial charge in [-0.05, 0) is 26.2 Å². The zero-order valence-electron chi connectivity index (χ0n) is 10.9.